The molecule has 0 aliphatic carbocycles. The summed E-state index contributed by atoms with van der Waals surface area (Å²) in [4.78, 5) is 61.9. The number of carbonyl (C=O) groups is 4. The monoisotopic (exact) mass is 863 g/mol. The quantitative estimate of drug-likeness (QED) is 0.159. The second kappa shape index (κ2) is 17.2. The SMILES string of the molecule is CCc1cc(N2C(=S)N(c3cnc(C#N)c(C(F)(F)F)c3)C(=O)C2(C)C)ccc1OCCN1C[C@H]2CC[C@@H]1CN2CC(=O)Cc1cc(Cl)cc(CC2CCC(=O)NC2=O)c1. The van der Waals surface area contributed by atoms with Crippen LogP contribution in [0.5, 0.6) is 5.75 Å². The number of imide groups is 1. The Morgan fingerprint density at radius 3 is 2.42 bits per heavy atom. The second-order valence-electron chi connectivity index (χ2n) is 16.4. The number of Topliss-reactive ketones (excluding diaryl/α,β-unsaturated/α-hetero) is 1. The maximum atomic E-state index is 13.8. The lowest BCUT2D eigenvalue weighted by molar-refractivity contribution is -0.138. The maximum absolute atomic E-state index is 13.8. The number of benzene rings is 2. The molecule has 2 aromatic carbocycles. The summed E-state index contributed by atoms with van der Waals surface area (Å²) in [5.74, 6) is -0.605. The van der Waals surface area contributed by atoms with E-state index in [0.29, 0.717) is 61.8 Å². The van der Waals surface area contributed by atoms with E-state index in [0.717, 1.165) is 59.8 Å². The van der Waals surface area contributed by atoms with E-state index in [1.807, 2.05) is 31.2 Å². The van der Waals surface area contributed by atoms with Crippen molar-refractivity contribution in [3.05, 3.63) is 81.6 Å². The van der Waals surface area contributed by atoms with Gasteiger partial charge in [-0.1, -0.05) is 24.6 Å². The largest absolute Gasteiger partial charge is 0.492 e. The number of ether oxygens (including phenoxy) is 1. The van der Waals surface area contributed by atoms with E-state index in [9.17, 15) is 37.6 Å². The molecule has 0 spiro atoms. The van der Waals surface area contributed by atoms with E-state index in [1.54, 1.807) is 30.9 Å². The molecule has 1 N–H and O–H groups in total. The first-order chi connectivity index (χ1) is 28.5. The molecule has 2 bridgehead atoms. The van der Waals surface area contributed by atoms with Crippen molar-refractivity contribution < 1.29 is 37.1 Å². The van der Waals surface area contributed by atoms with Gasteiger partial charge in [0.25, 0.3) is 5.91 Å². The number of nitriles is 1. The lowest BCUT2D eigenvalue weighted by Gasteiger charge is -2.51. The minimum absolute atomic E-state index is 0.0168. The lowest BCUT2D eigenvalue weighted by Crippen LogP contribution is -2.63. The lowest BCUT2D eigenvalue weighted by atomic mass is 9.89. The summed E-state index contributed by atoms with van der Waals surface area (Å²) in [5.41, 5.74) is -0.357. The van der Waals surface area contributed by atoms with Crippen molar-refractivity contribution in [2.45, 2.75) is 89.5 Å². The van der Waals surface area contributed by atoms with Crippen molar-refractivity contribution in [1.29, 1.82) is 5.26 Å². The Morgan fingerprint density at radius 1 is 1.03 bits per heavy atom. The molecule has 60 heavy (non-hydrogen) atoms. The first-order valence-corrected chi connectivity index (χ1v) is 20.8. The summed E-state index contributed by atoms with van der Waals surface area (Å²) in [5, 5.41) is 12.1. The predicted molar refractivity (Wildman–Crippen MR) is 222 cm³/mol. The Labute approximate surface area is 356 Å². The normalized spacial score (nSPS) is 22.0. The van der Waals surface area contributed by atoms with E-state index in [-0.39, 0.29) is 52.8 Å². The van der Waals surface area contributed by atoms with Crippen LogP contribution in [0.25, 0.3) is 0 Å². The maximum Gasteiger partial charge on any atom is 0.419 e. The number of halogens is 4. The molecule has 0 radical (unpaired) electrons. The fourth-order valence-electron chi connectivity index (χ4n) is 8.87. The van der Waals surface area contributed by atoms with Crippen LogP contribution in [-0.4, -0.2) is 93.8 Å². The minimum atomic E-state index is -4.86. The van der Waals surface area contributed by atoms with Gasteiger partial charge < -0.3 is 9.64 Å². The number of piperazine rings is 1. The van der Waals surface area contributed by atoms with E-state index in [1.165, 1.54) is 6.07 Å². The number of carbonyl (C=O) groups excluding carboxylic acids is 4. The van der Waals surface area contributed by atoms with Crippen molar-refractivity contribution in [3.8, 4) is 11.8 Å². The highest BCUT2D eigenvalue weighted by molar-refractivity contribution is 7.81. The van der Waals surface area contributed by atoms with Gasteiger partial charge in [-0.3, -0.25) is 39.2 Å². The number of alkyl halides is 3. The molecular weight excluding hydrogens is 819 g/mol. The molecule has 8 rings (SSSR count). The summed E-state index contributed by atoms with van der Waals surface area (Å²) in [6, 6.07) is 13.7. The number of piperidine rings is 3. The van der Waals surface area contributed by atoms with E-state index in [4.69, 9.17) is 28.6 Å². The van der Waals surface area contributed by atoms with Crippen molar-refractivity contribution in [2.24, 2.45) is 5.92 Å². The van der Waals surface area contributed by atoms with Crippen molar-refractivity contribution in [2.75, 3.05) is 42.6 Å². The second-order valence-corrected chi connectivity index (χ2v) is 17.2. The highest BCUT2D eigenvalue weighted by atomic mass is 35.5. The molecule has 1 unspecified atom stereocenters. The Balaban J connectivity index is 0.938. The number of anilines is 2. The van der Waals surface area contributed by atoms with Gasteiger partial charge in [0.2, 0.25) is 11.8 Å². The van der Waals surface area contributed by atoms with Crippen LogP contribution in [0.4, 0.5) is 24.5 Å². The van der Waals surface area contributed by atoms with Crippen LogP contribution < -0.4 is 19.9 Å². The summed E-state index contributed by atoms with van der Waals surface area (Å²) in [7, 11) is 0. The van der Waals surface area contributed by atoms with Gasteiger partial charge >= 0.3 is 6.18 Å². The standard InChI is InChI=1S/C43H45ClF3N7O5S/c1-4-27-18-30(54-41(60)53(40(58)42(54,2)3)33-19-35(43(45,46)47)36(20-48)49-21-33)8-9-37(27)59-12-11-51-22-32-7-6-31(51)23-52(32)24-34(55)17-26-13-25(15-29(44)16-26)14-28-5-10-38(56)50-39(28)57/h8-9,13,15-16,18-19,21,28,31-32H,4-7,10-12,14,17,22-24H2,1-3H3,(H,50,56,57)/t28?,31-,32-/m1/s1. The molecule has 0 saturated carbocycles. The van der Waals surface area contributed by atoms with Crippen LogP contribution in [-0.2, 0) is 44.6 Å². The molecule has 5 fully saturated rings. The number of rotatable bonds is 13. The molecule has 5 saturated heterocycles. The zero-order valence-electron chi connectivity index (χ0n) is 33.5. The molecule has 5 aliphatic heterocycles. The van der Waals surface area contributed by atoms with Crippen LogP contribution in [0, 0.1) is 17.2 Å². The molecule has 3 aromatic rings. The van der Waals surface area contributed by atoms with Crippen LogP contribution >= 0.6 is 23.8 Å². The van der Waals surface area contributed by atoms with Crippen LogP contribution in [0.3, 0.4) is 0 Å². The molecule has 5 aliphatic rings. The number of fused-ring (bicyclic) bond motifs is 3. The molecular formula is C43H45ClF3N7O5S. The van der Waals surface area contributed by atoms with E-state index < -0.39 is 28.9 Å². The predicted octanol–water partition coefficient (Wildman–Crippen LogP) is 6.04. The summed E-state index contributed by atoms with van der Waals surface area (Å²) >= 11 is 12.1. The third kappa shape index (κ3) is 8.90. The smallest absolute Gasteiger partial charge is 0.419 e. The average Bonchev–Trinajstić information content (AvgIpc) is 3.37. The number of ketones is 1. The third-order valence-corrected chi connectivity index (χ3v) is 12.5. The van der Waals surface area contributed by atoms with Gasteiger partial charge in [0, 0.05) is 61.2 Å². The van der Waals surface area contributed by atoms with Crippen LogP contribution in [0.15, 0.2) is 48.7 Å². The van der Waals surface area contributed by atoms with Crippen molar-refractivity contribution in [1.82, 2.24) is 20.1 Å². The zero-order valence-corrected chi connectivity index (χ0v) is 35.1. The number of aromatic nitrogens is 1. The summed E-state index contributed by atoms with van der Waals surface area (Å²) in [6.07, 6.45) is 0.306. The Kier molecular flexibility index (Phi) is 12.4. The number of amides is 3. The summed E-state index contributed by atoms with van der Waals surface area (Å²) < 4.78 is 47.6. The van der Waals surface area contributed by atoms with Crippen LogP contribution in [0.1, 0.15) is 74.4 Å². The number of pyridine rings is 1. The molecule has 6 heterocycles. The van der Waals surface area contributed by atoms with Gasteiger partial charge in [0.1, 0.15) is 24.0 Å². The first kappa shape index (κ1) is 43.1. The fourth-order valence-corrected chi connectivity index (χ4v) is 9.67. The van der Waals surface area contributed by atoms with Gasteiger partial charge in [0.15, 0.2) is 16.6 Å². The summed E-state index contributed by atoms with van der Waals surface area (Å²) in [6.45, 7) is 8.32. The molecule has 12 nitrogen and oxygen atoms in total. The Morgan fingerprint density at radius 2 is 1.75 bits per heavy atom. The molecule has 3 atom stereocenters. The number of thiocarbonyl (C=S) groups is 1. The van der Waals surface area contributed by atoms with Gasteiger partial charge in [0.05, 0.1) is 24.0 Å². The number of aryl methyl sites for hydroxylation is 1. The number of hydrogen-bond donors (Lipinski definition) is 1. The topological polar surface area (TPSA) is 139 Å². The Bertz CT molecular complexity index is 2280. The molecule has 17 heteroatoms. The molecule has 3 amide bonds. The van der Waals surface area contributed by atoms with Crippen molar-refractivity contribution >= 4 is 63.8 Å². The van der Waals surface area contributed by atoms with E-state index in [2.05, 4.69) is 20.1 Å². The van der Waals surface area contributed by atoms with Gasteiger partial charge in [-0.25, -0.2) is 4.98 Å². The van der Waals surface area contributed by atoms with Gasteiger partial charge in [-0.2, -0.15) is 18.4 Å². The first-order valence-electron chi connectivity index (χ1n) is 20.0. The number of hydrogen-bond acceptors (Lipinski definition) is 10. The zero-order chi connectivity index (χ0) is 43.1. The molecule has 1 aromatic heterocycles. The highest BCUT2D eigenvalue weighted by Gasteiger charge is 2.51. The average molecular weight is 864 g/mol. The minimum Gasteiger partial charge on any atom is -0.492 e. The fraction of sp³-hybridized carbons (Fsp3) is 0.465. The highest BCUT2D eigenvalue weighted by Crippen LogP contribution is 2.40. The van der Waals surface area contributed by atoms with E-state index >= 15 is 0 Å². The molecule has 316 valence electrons. The van der Waals surface area contributed by atoms with Gasteiger partial charge in [-0.05, 0) is 111 Å². The van der Waals surface area contributed by atoms with Crippen LogP contribution in [0.2, 0.25) is 5.02 Å². The van der Waals surface area contributed by atoms with Crippen molar-refractivity contribution in [3.63, 3.8) is 0 Å². The Hall–Kier alpha value is -4.95. The van der Waals surface area contributed by atoms with Gasteiger partial charge in [-0.15, -0.1) is 0 Å². The number of nitrogens with zero attached hydrogens (tertiary/aromatic N) is 6. The third-order valence-electron chi connectivity index (χ3n) is 11.9. The number of nitrogens with one attached hydrogen (secondary N) is 1.